The van der Waals surface area contributed by atoms with Gasteiger partial charge in [-0.15, -0.1) is 0 Å². The number of ether oxygens (including phenoxy) is 2. The van der Waals surface area contributed by atoms with Gasteiger partial charge < -0.3 is 19.7 Å². The van der Waals surface area contributed by atoms with E-state index in [0.717, 1.165) is 0 Å². The molecule has 34 heavy (non-hydrogen) atoms. The van der Waals surface area contributed by atoms with Gasteiger partial charge in [0.15, 0.2) is 5.78 Å². The molecule has 0 radical (unpaired) electrons. The number of hydrogen-bond acceptors (Lipinski definition) is 7. The highest BCUT2D eigenvalue weighted by atomic mass is 16.5. The zero-order valence-corrected chi connectivity index (χ0v) is 17.7. The van der Waals surface area contributed by atoms with Crippen LogP contribution in [0.2, 0.25) is 0 Å². The summed E-state index contributed by atoms with van der Waals surface area (Å²) in [5.74, 6) is -1.65. The maximum Gasteiger partial charge on any atom is 0.347 e. The molecule has 0 aliphatic carbocycles. The molecule has 0 heterocycles. The second kappa shape index (κ2) is 9.70. The van der Waals surface area contributed by atoms with E-state index >= 15 is 0 Å². The van der Waals surface area contributed by atoms with E-state index in [-0.39, 0.29) is 39.9 Å². The Morgan fingerprint density at radius 2 is 0.853 bits per heavy atom. The van der Waals surface area contributed by atoms with E-state index < -0.39 is 11.9 Å². The van der Waals surface area contributed by atoms with Gasteiger partial charge in [0, 0.05) is 11.1 Å². The van der Waals surface area contributed by atoms with Crippen molar-refractivity contribution in [2.24, 2.45) is 0 Å². The number of phenols is 2. The molecule has 0 fully saturated rings. The van der Waals surface area contributed by atoms with Gasteiger partial charge in [-0.3, -0.25) is 4.79 Å². The normalized spacial score (nSPS) is 10.4. The SMILES string of the molecule is O=C(c1ccc(OC(=O)c2ccccc2O)cc1)c1ccc(OC(=O)c2ccccc2O)cc1. The Morgan fingerprint density at radius 3 is 1.21 bits per heavy atom. The Balaban J connectivity index is 1.41. The first-order chi connectivity index (χ1) is 16.4. The number of para-hydroxylation sites is 2. The molecular weight excluding hydrogens is 436 g/mol. The van der Waals surface area contributed by atoms with E-state index in [1.54, 1.807) is 24.3 Å². The van der Waals surface area contributed by atoms with Crippen LogP contribution in [0.4, 0.5) is 0 Å². The van der Waals surface area contributed by atoms with E-state index in [4.69, 9.17) is 9.47 Å². The lowest BCUT2D eigenvalue weighted by atomic mass is 10.0. The molecule has 168 valence electrons. The fourth-order valence-electron chi connectivity index (χ4n) is 3.13. The van der Waals surface area contributed by atoms with E-state index in [1.165, 1.54) is 72.8 Å². The quantitative estimate of drug-likeness (QED) is 0.245. The standard InChI is InChI=1S/C27H18O7/c28-23-7-3-1-5-21(23)26(31)33-19-13-9-17(10-14-19)25(30)18-11-15-20(16-12-18)34-27(32)22-6-2-4-8-24(22)29/h1-16,28-29H. The minimum absolute atomic E-state index is 0.0333. The molecule has 0 saturated carbocycles. The molecule has 0 saturated heterocycles. The number of aromatic hydroxyl groups is 2. The molecule has 0 aliphatic rings. The lowest BCUT2D eigenvalue weighted by Gasteiger charge is -2.08. The van der Waals surface area contributed by atoms with Crippen LogP contribution in [-0.2, 0) is 0 Å². The molecule has 7 nitrogen and oxygen atoms in total. The Labute approximate surface area is 194 Å². The van der Waals surface area contributed by atoms with Crippen molar-refractivity contribution in [1.29, 1.82) is 0 Å². The molecule has 0 atom stereocenters. The number of phenolic OH excluding ortho intramolecular Hbond substituents is 2. The summed E-state index contributed by atoms with van der Waals surface area (Å²) >= 11 is 0. The fraction of sp³-hybridized carbons (Fsp3) is 0. The van der Waals surface area contributed by atoms with Gasteiger partial charge in [-0.2, -0.15) is 0 Å². The van der Waals surface area contributed by atoms with Gasteiger partial charge in [-0.25, -0.2) is 9.59 Å². The lowest BCUT2D eigenvalue weighted by molar-refractivity contribution is 0.0721. The molecule has 0 aromatic heterocycles. The topological polar surface area (TPSA) is 110 Å². The van der Waals surface area contributed by atoms with Crippen molar-refractivity contribution in [3.05, 3.63) is 119 Å². The van der Waals surface area contributed by atoms with Crippen LogP contribution >= 0.6 is 0 Å². The zero-order valence-electron chi connectivity index (χ0n) is 17.7. The van der Waals surface area contributed by atoms with Gasteiger partial charge in [0.25, 0.3) is 0 Å². The molecule has 4 aromatic carbocycles. The number of carbonyl (C=O) groups is 3. The monoisotopic (exact) mass is 454 g/mol. The molecule has 0 aliphatic heterocycles. The maximum absolute atomic E-state index is 12.8. The number of esters is 2. The van der Waals surface area contributed by atoms with Gasteiger partial charge in [0.1, 0.15) is 34.1 Å². The first kappa shape index (κ1) is 22.3. The number of benzene rings is 4. The third kappa shape index (κ3) is 4.94. The smallest absolute Gasteiger partial charge is 0.347 e. The third-order valence-corrected chi connectivity index (χ3v) is 4.90. The average molecular weight is 454 g/mol. The van der Waals surface area contributed by atoms with E-state index in [1.807, 2.05) is 0 Å². The summed E-state index contributed by atoms with van der Waals surface area (Å²) in [7, 11) is 0. The predicted molar refractivity (Wildman–Crippen MR) is 122 cm³/mol. The number of rotatable bonds is 6. The minimum atomic E-state index is -0.717. The van der Waals surface area contributed by atoms with Crippen molar-refractivity contribution in [3.8, 4) is 23.0 Å². The third-order valence-electron chi connectivity index (χ3n) is 4.90. The Hall–Kier alpha value is -4.91. The molecular formula is C27H18O7. The predicted octanol–water partition coefficient (Wildman–Crippen LogP) is 4.77. The van der Waals surface area contributed by atoms with E-state index in [2.05, 4.69) is 0 Å². The van der Waals surface area contributed by atoms with Crippen LogP contribution in [-0.4, -0.2) is 27.9 Å². The minimum Gasteiger partial charge on any atom is -0.507 e. The number of hydrogen-bond donors (Lipinski definition) is 2. The summed E-state index contributed by atoms with van der Waals surface area (Å²) in [6.07, 6.45) is 0. The fourth-order valence-corrected chi connectivity index (χ4v) is 3.13. The molecule has 2 N–H and O–H groups in total. The number of ketones is 1. The summed E-state index contributed by atoms with van der Waals surface area (Å²) in [5, 5.41) is 19.5. The molecule has 7 heteroatoms. The Bertz CT molecular complexity index is 1250. The van der Waals surface area contributed by atoms with Crippen molar-refractivity contribution in [2.75, 3.05) is 0 Å². The van der Waals surface area contributed by atoms with Gasteiger partial charge >= 0.3 is 11.9 Å². The molecule has 4 aromatic rings. The largest absolute Gasteiger partial charge is 0.507 e. The summed E-state index contributed by atoms with van der Waals surface area (Å²) in [4.78, 5) is 37.2. The first-order valence-electron chi connectivity index (χ1n) is 10.2. The van der Waals surface area contributed by atoms with Crippen LogP contribution < -0.4 is 9.47 Å². The second-order valence-electron chi connectivity index (χ2n) is 7.19. The van der Waals surface area contributed by atoms with Crippen LogP contribution in [0, 0.1) is 0 Å². The Kier molecular flexibility index (Phi) is 6.36. The zero-order chi connectivity index (χ0) is 24.1. The van der Waals surface area contributed by atoms with Crippen molar-refractivity contribution < 1.29 is 34.1 Å². The summed E-state index contributed by atoms with van der Waals surface area (Å²) in [6.45, 7) is 0. The Morgan fingerprint density at radius 1 is 0.500 bits per heavy atom. The first-order valence-corrected chi connectivity index (χ1v) is 10.2. The number of carbonyl (C=O) groups excluding carboxylic acids is 3. The van der Waals surface area contributed by atoms with Crippen LogP contribution in [0.3, 0.4) is 0 Å². The summed E-state index contributed by atoms with van der Waals surface area (Å²) < 4.78 is 10.5. The highest BCUT2D eigenvalue weighted by Crippen LogP contribution is 2.23. The second-order valence-corrected chi connectivity index (χ2v) is 7.19. The van der Waals surface area contributed by atoms with Gasteiger partial charge in [-0.05, 0) is 72.8 Å². The van der Waals surface area contributed by atoms with Crippen molar-refractivity contribution >= 4 is 17.7 Å². The molecule has 0 bridgehead atoms. The summed E-state index contributed by atoms with van der Waals surface area (Å²) in [6, 6.07) is 24.0. The highest BCUT2D eigenvalue weighted by Gasteiger charge is 2.16. The van der Waals surface area contributed by atoms with Gasteiger partial charge in [-0.1, -0.05) is 24.3 Å². The maximum atomic E-state index is 12.8. The highest BCUT2D eigenvalue weighted by molar-refractivity contribution is 6.09. The van der Waals surface area contributed by atoms with Crippen LogP contribution in [0.5, 0.6) is 23.0 Å². The van der Waals surface area contributed by atoms with E-state index in [0.29, 0.717) is 11.1 Å². The molecule has 0 amide bonds. The van der Waals surface area contributed by atoms with Crippen LogP contribution in [0.1, 0.15) is 36.6 Å². The van der Waals surface area contributed by atoms with Crippen molar-refractivity contribution in [1.82, 2.24) is 0 Å². The lowest BCUT2D eigenvalue weighted by Crippen LogP contribution is -2.09. The molecule has 0 unspecified atom stereocenters. The van der Waals surface area contributed by atoms with Gasteiger partial charge in [0.2, 0.25) is 0 Å². The van der Waals surface area contributed by atoms with Crippen molar-refractivity contribution in [3.63, 3.8) is 0 Å². The molecule has 4 rings (SSSR count). The van der Waals surface area contributed by atoms with Crippen LogP contribution in [0.25, 0.3) is 0 Å². The van der Waals surface area contributed by atoms with E-state index in [9.17, 15) is 24.6 Å². The average Bonchev–Trinajstić information content (AvgIpc) is 2.85. The summed E-state index contributed by atoms with van der Waals surface area (Å²) in [5.41, 5.74) is 0.791. The van der Waals surface area contributed by atoms with Crippen molar-refractivity contribution in [2.45, 2.75) is 0 Å². The van der Waals surface area contributed by atoms with Crippen LogP contribution in [0.15, 0.2) is 97.1 Å². The molecule has 0 spiro atoms. The van der Waals surface area contributed by atoms with Gasteiger partial charge in [0.05, 0.1) is 0 Å².